The van der Waals surface area contributed by atoms with E-state index >= 15 is 0 Å². The topological polar surface area (TPSA) is 130 Å². The number of rotatable bonds is 3. The predicted octanol–water partition coefficient (Wildman–Crippen LogP) is 0.530. The number of aromatic amines is 1. The van der Waals surface area contributed by atoms with Crippen LogP contribution in [0.2, 0.25) is 0 Å². The van der Waals surface area contributed by atoms with Gasteiger partial charge in [-0.3, -0.25) is 4.79 Å². The van der Waals surface area contributed by atoms with Gasteiger partial charge in [0.2, 0.25) is 11.7 Å². The maximum absolute atomic E-state index is 12.6. The molecule has 2 aromatic rings. The molecule has 2 aromatic heterocycles. The van der Waals surface area contributed by atoms with E-state index in [9.17, 15) is 23.1 Å². The van der Waals surface area contributed by atoms with Gasteiger partial charge in [0.25, 0.3) is 0 Å². The summed E-state index contributed by atoms with van der Waals surface area (Å²) in [7, 11) is -3.15. The maximum atomic E-state index is 12.6. The highest BCUT2D eigenvalue weighted by Crippen LogP contribution is 2.31. The number of carbonyl (C=O) groups excluding carboxylic acids is 1. The van der Waals surface area contributed by atoms with Gasteiger partial charge in [0.05, 0.1) is 11.5 Å². The van der Waals surface area contributed by atoms with Crippen LogP contribution in [0.1, 0.15) is 5.56 Å². The van der Waals surface area contributed by atoms with Crippen LogP contribution in [0.3, 0.4) is 0 Å². The molecule has 1 saturated heterocycles. The first-order valence-electron chi connectivity index (χ1n) is 8.15. The molecule has 0 radical (unpaired) electrons. The number of allylic oxidation sites excluding steroid dienone is 1. The summed E-state index contributed by atoms with van der Waals surface area (Å²) in [5.74, 6) is -2.62. The molecule has 2 N–H and O–H groups in total. The smallest absolute Gasteiger partial charge is 0.345 e. The number of H-pyrrole nitrogens is 1. The molecular formula is C17H15N3O6S. The van der Waals surface area contributed by atoms with Crippen LogP contribution in [0.25, 0.3) is 17.1 Å². The number of hydrogen-bond acceptors (Lipinski definition) is 7. The van der Waals surface area contributed by atoms with Crippen molar-refractivity contribution in [2.45, 2.75) is 0 Å². The maximum Gasteiger partial charge on any atom is 0.345 e. The van der Waals surface area contributed by atoms with E-state index < -0.39 is 27.2 Å². The summed E-state index contributed by atoms with van der Waals surface area (Å²) in [6.07, 6.45) is 4.73. The Hall–Kier alpha value is -3.14. The van der Waals surface area contributed by atoms with Gasteiger partial charge in [-0.25, -0.2) is 18.2 Å². The van der Waals surface area contributed by atoms with E-state index in [2.05, 4.69) is 9.97 Å². The predicted molar refractivity (Wildman–Crippen MR) is 95.1 cm³/mol. The van der Waals surface area contributed by atoms with E-state index in [-0.39, 0.29) is 36.2 Å². The van der Waals surface area contributed by atoms with E-state index in [1.807, 2.05) is 6.07 Å². The minimum absolute atomic E-state index is 0.0754. The Morgan fingerprint density at radius 2 is 2.07 bits per heavy atom. The van der Waals surface area contributed by atoms with Crippen molar-refractivity contribution in [1.29, 1.82) is 0 Å². The Balaban J connectivity index is 1.69. The molecule has 0 atom stereocenters. The zero-order chi connectivity index (χ0) is 19.2. The van der Waals surface area contributed by atoms with Gasteiger partial charge in [-0.2, -0.15) is 0 Å². The quantitative estimate of drug-likeness (QED) is 0.574. The van der Waals surface area contributed by atoms with Crippen molar-refractivity contribution in [2.24, 2.45) is 0 Å². The van der Waals surface area contributed by atoms with Gasteiger partial charge < -0.3 is 19.7 Å². The van der Waals surface area contributed by atoms with E-state index in [4.69, 9.17) is 4.74 Å². The van der Waals surface area contributed by atoms with E-state index in [1.54, 1.807) is 18.5 Å². The van der Waals surface area contributed by atoms with E-state index in [0.29, 0.717) is 11.2 Å². The SMILES string of the molecule is O=C(O)C1=C(N2CCS(=O)(=O)CC2)OC(=Cc2c[nH]c3ncccc23)C1=O. The third kappa shape index (κ3) is 3.08. The zero-order valence-corrected chi connectivity index (χ0v) is 14.8. The van der Waals surface area contributed by atoms with Crippen molar-refractivity contribution in [3.63, 3.8) is 0 Å². The van der Waals surface area contributed by atoms with Gasteiger partial charge in [0.15, 0.2) is 21.2 Å². The fourth-order valence-electron chi connectivity index (χ4n) is 3.08. The number of nitrogens with zero attached hydrogens (tertiary/aromatic N) is 2. The average molecular weight is 389 g/mol. The number of sulfone groups is 1. The number of fused-ring (bicyclic) bond motifs is 1. The number of carboxylic acid groups (broad SMARTS) is 1. The minimum Gasteiger partial charge on any atom is -0.477 e. The lowest BCUT2D eigenvalue weighted by molar-refractivity contribution is -0.134. The molecule has 9 nitrogen and oxygen atoms in total. The summed E-state index contributed by atoms with van der Waals surface area (Å²) in [6.45, 7) is 0.151. The number of nitrogens with one attached hydrogen (secondary N) is 1. The van der Waals surface area contributed by atoms with Crippen LogP contribution in [0, 0.1) is 0 Å². The second-order valence-electron chi connectivity index (χ2n) is 6.21. The lowest BCUT2D eigenvalue weighted by atomic mass is 10.1. The largest absolute Gasteiger partial charge is 0.477 e. The highest BCUT2D eigenvalue weighted by atomic mass is 32.2. The molecular weight excluding hydrogens is 374 g/mol. The molecule has 1 fully saturated rings. The number of carboxylic acids is 1. The summed E-state index contributed by atoms with van der Waals surface area (Å²) in [4.78, 5) is 32.8. The van der Waals surface area contributed by atoms with Crippen LogP contribution >= 0.6 is 0 Å². The number of hydrogen-bond donors (Lipinski definition) is 2. The van der Waals surface area contributed by atoms with Gasteiger partial charge >= 0.3 is 5.97 Å². The van der Waals surface area contributed by atoms with Crippen molar-refractivity contribution in [3.8, 4) is 0 Å². The molecule has 0 bridgehead atoms. The van der Waals surface area contributed by atoms with Crippen molar-refractivity contribution in [3.05, 3.63) is 47.3 Å². The van der Waals surface area contributed by atoms with E-state index in [1.165, 1.54) is 11.0 Å². The third-order valence-corrected chi connectivity index (χ3v) is 6.10. The highest BCUT2D eigenvalue weighted by molar-refractivity contribution is 7.91. The second kappa shape index (κ2) is 6.23. The average Bonchev–Trinajstić information content (AvgIpc) is 3.17. The Bertz CT molecular complexity index is 1110. The Kier molecular flexibility index (Phi) is 3.99. The van der Waals surface area contributed by atoms with E-state index in [0.717, 1.165) is 5.39 Å². The van der Waals surface area contributed by atoms with Crippen LogP contribution in [0.5, 0.6) is 0 Å². The first-order valence-corrected chi connectivity index (χ1v) is 9.97. The van der Waals surface area contributed by atoms with Gasteiger partial charge in [0, 0.05) is 36.4 Å². The normalized spacial score (nSPS) is 21.1. The monoisotopic (exact) mass is 389 g/mol. The summed E-state index contributed by atoms with van der Waals surface area (Å²) < 4.78 is 28.8. The van der Waals surface area contributed by atoms with Crippen LogP contribution in [0.4, 0.5) is 0 Å². The van der Waals surface area contributed by atoms with Crippen molar-refractivity contribution < 1.29 is 27.9 Å². The van der Waals surface area contributed by atoms with Crippen LogP contribution in [0.15, 0.2) is 41.7 Å². The molecule has 2 aliphatic rings. The lowest BCUT2D eigenvalue weighted by Crippen LogP contribution is -2.40. The van der Waals surface area contributed by atoms with Gasteiger partial charge in [-0.1, -0.05) is 0 Å². The number of pyridine rings is 1. The fraction of sp³-hybridized carbons (Fsp3) is 0.235. The summed E-state index contributed by atoms with van der Waals surface area (Å²) in [6, 6.07) is 3.56. The molecule has 0 spiro atoms. The molecule has 10 heteroatoms. The van der Waals surface area contributed by atoms with Gasteiger partial charge in [-0.05, 0) is 18.2 Å². The number of aliphatic carboxylic acids is 1. The molecule has 2 aliphatic heterocycles. The molecule has 27 heavy (non-hydrogen) atoms. The molecule has 140 valence electrons. The summed E-state index contributed by atoms with van der Waals surface area (Å²) in [5.41, 5.74) is 0.773. The summed E-state index contributed by atoms with van der Waals surface area (Å²) in [5, 5.41) is 10.2. The molecule has 0 saturated carbocycles. The second-order valence-corrected chi connectivity index (χ2v) is 8.51. The first kappa shape index (κ1) is 17.3. The molecule has 0 unspecified atom stereocenters. The van der Waals surface area contributed by atoms with Gasteiger partial charge in [-0.15, -0.1) is 0 Å². The minimum atomic E-state index is -3.15. The highest BCUT2D eigenvalue weighted by Gasteiger charge is 2.39. The Labute approximate surface area is 153 Å². The number of ether oxygens (including phenoxy) is 1. The van der Waals surface area contributed by atoms with Crippen molar-refractivity contribution >= 4 is 38.7 Å². The number of aromatic nitrogens is 2. The standard InChI is InChI=1S/C17H15N3O6S/c21-14-12(8-10-9-19-15-11(10)2-1-3-18-15)26-16(13(14)17(22)23)20-4-6-27(24,25)7-5-20/h1-3,8-9H,4-7H2,(H,18,19)(H,22,23). The molecule has 0 aromatic carbocycles. The number of Topliss-reactive ketones (excluding diaryl/α,β-unsaturated/α-hetero) is 1. The number of carbonyl (C=O) groups is 2. The van der Waals surface area contributed by atoms with Crippen LogP contribution < -0.4 is 0 Å². The van der Waals surface area contributed by atoms with Gasteiger partial charge in [0.1, 0.15) is 5.65 Å². The zero-order valence-electron chi connectivity index (χ0n) is 14.0. The lowest BCUT2D eigenvalue weighted by Gasteiger charge is -2.28. The molecule has 4 rings (SSSR count). The molecule has 0 aliphatic carbocycles. The molecule has 4 heterocycles. The van der Waals surface area contributed by atoms with Crippen molar-refractivity contribution in [1.82, 2.24) is 14.9 Å². The third-order valence-electron chi connectivity index (χ3n) is 4.49. The number of ketones is 1. The van der Waals surface area contributed by atoms with Crippen molar-refractivity contribution in [2.75, 3.05) is 24.6 Å². The fourth-order valence-corrected chi connectivity index (χ4v) is 4.28. The van der Waals surface area contributed by atoms with Crippen LogP contribution in [-0.2, 0) is 24.2 Å². The Morgan fingerprint density at radius 3 is 2.78 bits per heavy atom. The summed E-state index contributed by atoms with van der Waals surface area (Å²) >= 11 is 0. The van der Waals surface area contributed by atoms with Crippen LogP contribution in [-0.4, -0.2) is 64.7 Å². The molecule has 0 amide bonds. The Morgan fingerprint density at radius 1 is 1.33 bits per heavy atom. The first-order chi connectivity index (χ1) is 12.9.